The van der Waals surface area contributed by atoms with Crippen LogP contribution in [0.5, 0.6) is 0 Å². The summed E-state index contributed by atoms with van der Waals surface area (Å²) in [5.41, 5.74) is 0. The Labute approximate surface area is 108 Å². The number of carbonyl (C=O) groups is 3. The predicted molar refractivity (Wildman–Crippen MR) is 56.0 cm³/mol. The zero-order valence-corrected chi connectivity index (χ0v) is 9.98. The Kier molecular flexibility index (Phi) is 1.64. The second-order valence-electron chi connectivity index (χ2n) is 6.21. The van der Waals surface area contributed by atoms with Crippen molar-refractivity contribution in [1.29, 1.82) is 0 Å². The van der Waals surface area contributed by atoms with E-state index >= 15 is 0 Å². The van der Waals surface area contributed by atoms with E-state index in [0.717, 1.165) is 12.8 Å². The maximum atomic E-state index is 12.1. The van der Waals surface area contributed by atoms with Gasteiger partial charge in [-0.25, -0.2) is 0 Å². The summed E-state index contributed by atoms with van der Waals surface area (Å²) in [4.78, 5) is 35.8. The molecule has 0 aromatic rings. The first-order valence-electron chi connectivity index (χ1n) is 6.78. The lowest BCUT2D eigenvalue weighted by molar-refractivity contribution is -0.178. The molecule has 0 radical (unpaired) electrons. The van der Waals surface area contributed by atoms with E-state index in [-0.39, 0.29) is 41.7 Å². The lowest BCUT2D eigenvalue weighted by Gasteiger charge is -2.51. The number of cyclic esters (lactones) is 2. The highest BCUT2D eigenvalue weighted by Crippen LogP contribution is 2.62. The van der Waals surface area contributed by atoms with Crippen molar-refractivity contribution in [2.45, 2.75) is 25.2 Å². The lowest BCUT2D eigenvalue weighted by atomic mass is 9.49. The molecule has 3 saturated carbocycles. The molecule has 0 spiro atoms. The zero-order chi connectivity index (χ0) is 12.9. The molecule has 0 N–H and O–H groups in total. The van der Waals surface area contributed by atoms with Gasteiger partial charge in [-0.3, -0.25) is 14.4 Å². The Bertz CT molecular complexity index is 527. The van der Waals surface area contributed by atoms with Crippen molar-refractivity contribution in [1.82, 2.24) is 0 Å². The van der Waals surface area contributed by atoms with Crippen molar-refractivity contribution < 1.29 is 28.6 Å². The summed E-state index contributed by atoms with van der Waals surface area (Å²) in [5, 5.41) is 0. The molecule has 6 fully saturated rings. The van der Waals surface area contributed by atoms with Crippen LogP contribution in [-0.2, 0) is 28.6 Å². The van der Waals surface area contributed by atoms with Crippen LogP contribution in [0.1, 0.15) is 12.8 Å². The second kappa shape index (κ2) is 3.00. The third-order valence-electron chi connectivity index (χ3n) is 5.63. The monoisotopic (exact) mass is 264 g/mol. The number of hydrogen-bond donors (Lipinski definition) is 0. The van der Waals surface area contributed by atoms with E-state index in [1.807, 2.05) is 0 Å². The average molecular weight is 264 g/mol. The molecule has 6 heteroatoms. The Hall–Kier alpha value is -1.43. The van der Waals surface area contributed by atoms with Gasteiger partial charge in [0.25, 0.3) is 0 Å². The first-order valence-corrected chi connectivity index (χ1v) is 6.78. The van der Waals surface area contributed by atoms with Gasteiger partial charge < -0.3 is 14.2 Å². The fourth-order valence-electron chi connectivity index (χ4n) is 4.99. The first kappa shape index (κ1) is 10.4. The molecule has 100 valence electrons. The lowest BCUT2D eigenvalue weighted by Crippen LogP contribution is -2.58. The molecule has 3 heterocycles. The van der Waals surface area contributed by atoms with Crippen LogP contribution < -0.4 is 0 Å². The fraction of sp³-hybridized carbons (Fsp3) is 0.769. The van der Waals surface area contributed by atoms with Gasteiger partial charge in [0.1, 0.15) is 6.10 Å². The Morgan fingerprint density at radius 2 is 1.53 bits per heavy atom. The van der Waals surface area contributed by atoms with Crippen LogP contribution in [0.2, 0.25) is 0 Å². The Morgan fingerprint density at radius 1 is 0.842 bits per heavy atom. The fourth-order valence-corrected chi connectivity index (χ4v) is 4.99. The van der Waals surface area contributed by atoms with Gasteiger partial charge in [-0.2, -0.15) is 0 Å². The third kappa shape index (κ3) is 1.06. The number of epoxide rings is 1. The van der Waals surface area contributed by atoms with Crippen LogP contribution in [0, 0.1) is 35.5 Å². The SMILES string of the molecule is O=C1OC(=O)C2C3CCC(C12)C1C(=O)OC2OC2C31. The summed E-state index contributed by atoms with van der Waals surface area (Å²) in [6.45, 7) is 0. The quantitative estimate of drug-likeness (QED) is 0.344. The van der Waals surface area contributed by atoms with E-state index in [2.05, 4.69) is 0 Å². The van der Waals surface area contributed by atoms with E-state index in [9.17, 15) is 14.4 Å². The maximum Gasteiger partial charge on any atom is 0.317 e. The highest BCUT2D eigenvalue weighted by atomic mass is 16.8. The number of esters is 3. The molecule has 0 aromatic carbocycles. The third-order valence-corrected chi connectivity index (χ3v) is 5.63. The van der Waals surface area contributed by atoms with Crippen molar-refractivity contribution >= 4 is 17.9 Å². The topological polar surface area (TPSA) is 82.2 Å². The summed E-state index contributed by atoms with van der Waals surface area (Å²) >= 11 is 0. The summed E-state index contributed by atoms with van der Waals surface area (Å²) < 4.78 is 15.4. The number of ether oxygens (including phenoxy) is 3. The second-order valence-corrected chi connectivity index (χ2v) is 6.21. The first-order chi connectivity index (χ1) is 9.16. The molecule has 3 aliphatic carbocycles. The highest BCUT2D eigenvalue weighted by molar-refractivity contribution is 5.98. The van der Waals surface area contributed by atoms with Crippen LogP contribution in [0.15, 0.2) is 0 Å². The van der Waals surface area contributed by atoms with Crippen LogP contribution in [0.25, 0.3) is 0 Å². The van der Waals surface area contributed by atoms with Crippen molar-refractivity contribution in [3.05, 3.63) is 0 Å². The van der Waals surface area contributed by atoms with Crippen molar-refractivity contribution in [2.75, 3.05) is 0 Å². The normalized spacial score (nSPS) is 56.9. The van der Waals surface area contributed by atoms with Crippen LogP contribution in [0.4, 0.5) is 0 Å². The van der Waals surface area contributed by atoms with Crippen LogP contribution >= 0.6 is 0 Å². The van der Waals surface area contributed by atoms with E-state index in [0.29, 0.717) is 0 Å². The van der Waals surface area contributed by atoms with E-state index in [1.165, 1.54) is 0 Å². The standard InChI is InChI=1S/C13H12O6/c14-10-7-3-1-2-4(8(7)11(15)18-10)6-5(3)9-13(17-9)19-12(6)16/h3-9,13H,1-2H2. The van der Waals surface area contributed by atoms with Gasteiger partial charge in [-0.05, 0) is 24.7 Å². The predicted octanol–water partition coefficient (Wildman–Crippen LogP) is -0.144. The molecule has 0 aromatic heterocycles. The minimum atomic E-state index is -0.449. The molecule has 8 unspecified atom stereocenters. The zero-order valence-electron chi connectivity index (χ0n) is 9.98. The minimum Gasteiger partial charge on any atom is -0.433 e. The highest BCUT2D eigenvalue weighted by Gasteiger charge is 2.71. The number of hydrogen-bond acceptors (Lipinski definition) is 6. The molecule has 3 aliphatic heterocycles. The summed E-state index contributed by atoms with van der Waals surface area (Å²) in [7, 11) is 0. The molecule has 6 nitrogen and oxygen atoms in total. The smallest absolute Gasteiger partial charge is 0.317 e. The van der Waals surface area contributed by atoms with Gasteiger partial charge in [0, 0.05) is 5.92 Å². The average Bonchev–Trinajstić information content (AvgIpc) is 3.10. The number of fused-ring (bicyclic) bond motifs is 2. The van der Waals surface area contributed by atoms with Gasteiger partial charge in [0.15, 0.2) is 0 Å². The van der Waals surface area contributed by atoms with E-state index in [4.69, 9.17) is 14.2 Å². The molecular formula is C13H12O6. The molecule has 6 aliphatic rings. The van der Waals surface area contributed by atoms with E-state index in [1.54, 1.807) is 0 Å². The summed E-state index contributed by atoms with van der Waals surface area (Å²) in [6, 6.07) is 0. The van der Waals surface area contributed by atoms with Crippen molar-refractivity contribution in [2.24, 2.45) is 35.5 Å². The minimum absolute atomic E-state index is 0.0294. The summed E-state index contributed by atoms with van der Waals surface area (Å²) in [5.74, 6) is -2.25. The summed E-state index contributed by atoms with van der Waals surface area (Å²) in [6.07, 6.45) is 1.18. The Balaban J connectivity index is 1.63. The molecule has 8 atom stereocenters. The molecular weight excluding hydrogens is 252 g/mol. The van der Waals surface area contributed by atoms with Crippen molar-refractivity contribution in [3.8, 4) is 0 Å². The molecule has 2 bridgehead atoms. The Morgan fingerprint density at radius 3 is 2.32 bits per heavy atom. The largest absolute Gasteiger partial charge is 0.433 e. The van der Waals surface area contributed by atoms with Gasteiger partial charge in [-0.1, -0.05) is 0 Å². The number of rotatable bonds is 0. The van der Waals surface area contributed by atoms with Crippen LogP contribution in [-0.4, -0.2) is 30.3 Å². The maximum absolute atomic E-state index is 12.1. The van der Waals surface area contributed by atoms with Gasteiger partial charge in [-0.15, -0.1) is 0 Å². The van der Waals surface area contributed by atoms with Gasteiger partial charge in [0.2, 0.25) is 6.29 Å². The molecule has 0 amide bonds. The molecule has 3 saturated heterocycles. The van der Waals surface area contributed by atoms with Crippen molar-refractivity contribution in [3.63, 3.8) is 0 Å². The van der Waals surface area contributed by atoms with Gasteiger partial charge >= 0.3 is 17.9 Å². The molecule has 19 heavy (non-hydrogen) atoms. The molecule has 6 rings (SSSR count). The van der Waals surface area contributed by atoms with E-state index < -0.39 is 24.1 Å². The van der Waals surface area contributed by atoms with Gasteiger partial charge in [0.05, 0.1) is 17.8 Å². The number of carbonyl (C=O) groups excluding carboxylic acids is 3. The van der Waals surface area contributed by atoms with Crippen LogP contribution in [0.3, 0.4) is 0 Å².